The average Bonchev–Trinajstić information content (AvgIpc) is 2.74. The van der Waals surface area contributed by atoms with E-state index in [-0.39, 0.29) is 5.82 Å². The van der Waals surface area contributed by atoms with Gasteiger partial charge in [-0.2, -0.15) is 0 Å². The molecular formula is C26H34FN3O. The number of carbonyl (C=O) groups is 1. The van der Waals surface area contributed by atoms with Crippen LogP contribution >= 0.6 is 0 Å². The molecule has 2 unspecified atom stereocenters. The van der Waals surface area contributed by atoms with Gasteiger partial charge in [-0.3, -0.25) is 9.78 Å². The zero-order valence-corrected chi connectivity index (χ0v) is 19.0. The van der Waals surface area contributed by atoms with E-state index in [1.165, 1.54) is 6.42 Å². The molecule has 166 valence electrons. The third-order valence-electron chi connectivity index (χ3n) is 8.04. The molecule has 4 atom stereocenters. The highest BCUT2D eigenvalue weighted by Crippen LogP contribution is 2.47. The van der Waals surface area contributed by atoms with Crippen LogP contribution < -0.4 is 4.90 Å². The van der Waals surface area contributed by atoms with E-state index in [1.807, 2.05) is 12.1 Å². The van der Waals surface area contributed by atoms with Crippen molar-refractivity contribution in [2.45, 2.75) is 39.5 Å². The van der Waals surface area contributed by atoms with E-state index in [4.69, 9.17) is 0 Å². The molecule has 0 spiro atoms. The Hall–Kier alpha value is -2.01. The van der Waals surface area contributed by atoms with Crippen molar-refractivity contribution >= 4 is 22.4 Å². The minimum absolute atomic E-state index is 0.200. The van der Waals surface area contributed by atoms with Crippen LogP contribution in [0.5, 0.6) is 0 Å². The third kappa shape index (κ3) is 3.97. The van der Waals surface area contributed by atoms with Crippen LogP contribution in [0.3, 0.4) is 0 Å². The topological polar surface area (TPSA) is 36.4 Å². The first kappa shape index (κ1) is 20.9. The summed E-state index contributed by atoms with van der Waals surface area (Å²) in [5.41, 5.74) is 2.27. The van der Waals surface area contributed by atoms with E-state index in [2.05, 4.69) is 28.8 Å². The van der Waals surface area contributed by atoms with Crippen LogP contribution in [0.25, 0.3) is 10.9 Å². The molecule has 3 fully saturated rings. The molecular weight excluding hydrogens is 389 g/mol. The molecule has 0 N–H and O–H groups in total. The number of aryl methyl sites for hydroxylation is 1. The van der Waals surface area contributed by atoms with Crippen LogP contribution in [0.1, 0.15) is 38.2 Å². The quantitative estimate of drug-likeness (QED) is 0.699. The molecule has 2 saturated heterocycles. The van der Waals surface area contributed by atoms with Crippen molar-refractivity contribution in [3.8, 4) is 0 Å². The van der Waals surface area contributed by atoms with Gasteiger partial charge in [0.2, 0.25) is 0 Å². The molecule has 1 aliphatic carbocycles. The lowest BCUT2D eigenvalue weighted by Crippen LogP contribution is -2.54. The van der Waals surface area contributed by atoms with E-state index in [9.17, 15) is 9.18 Å². The first-order valence-electron chi connectivity index (χ1n) is 11.9. The Morgan fingerprint density at radius 2 is 1.94 bits per heavy atom. The fraction of sp³-hybridized carbons (Fsp3) is 0.615. The molecule has 5 rings (SSSR count). The largest absolute Gasteiger partial charge is 0.370 e. The summed E-state index contributed by atoms with van der Waals surface area (Å²) in [6, 6.07) is 5.63. The number of fused-ring (bicyclic) bond motifs is 3. The third-order valence-corrected chi connectivity index (χ3v) is 8.04. The Bertz CT molecular complexity index is 980. The molecule has 1 saturated carbocycles. The summed E-state index contributed by atoms with van der Waals surface area (Å²) in [5.74, 6) is 3.13. The van der Waals surface area contributed by atoms with Gasteiger partial charge in [-0.05, 0) is 74.6 Å². The molecule has 2 aromatic rings. The number of halogens is 1. The van der Waals surface area contributed by atoms with Crippen LogP contribution in [0.4, 0.5) is 10.1 Å². The van der Waals surface area contributed by atoms with Crippen LogP contribution in [0, 0.1) is 42.3 Å². The zero-order valence-electron chi connectivity index (χ0n) is 19.0. The predicted octanol–water partition coefficient (Wildman–Crippen LogP) is 4.69. The second kappa shape index (κ2) is 8.16. The van der Waals surface area contributed by atoms with Crippen molar-refractivity contribution in [2.75, 3.05) is 38.1 Å². The Kier molecular flexibility index (Phi) is 5.49. The molecule has 0 amide bonds. The number of pyridine rings is 1. The number of carbonyl (C=O) groups excluding carboxylic acids is 1. The highest BCUT2D eigenvalue weighted by Gasteiger charge is 2.46. The second-order valence-electron chi connectivity index (χ2n) is 10.6. The van der Waals surface area contributed by atoms with Crippen molar-refractivity contribution in [1.82, 2.24) is 9.88 Å². The number of piperidine rings is 3. The number of nitrogens with zero attached hydrogens (tertiary/aromatic N) is 3. The van der Waals surface area contributed by atoms with Crippen molar-refractivity contribution in [2.24, 2.45) is 29.6 Å². The molecule has 5 heteroatoms. The Labute approximate surface area is 184 Å². The summed E-state index contributed by atoms with van der Waals surface area (Å²) >= 11 is 0. The number of benzene rings is 1. The normalized spacial score (nSPS) is 31.0. The van der Waals surface area contributed by atoms with E-state index in [1.54, 1.807) is 19.2 Å². The summed E-state index contributed by atoms with van der Waals surface area (Å²) in [6.45, 7) is 8.08. The summed E-state index contributed by atoms with van der Waals surface area (Å²) in [7, 11) is 2.20. The minimum Gasteiger partial charge on any atom is -0.370 e. The predicted molar refractivity (Wildman–Crippen MR) is 123 cm³/mol. The van der Waals surface area contributed by atoms with Gasteiger partial charge in [0, 0.05) is 61.9 Å². The number of hydrogen-bond acceptors (Lipinski definition) is 4. The van der Waals surface area contributed by atoms with E-state index in [0.717, 1.165) is 67.4 Å². The second-order valence-corrected chi connectivity index (χ2v) is 10.6. The lowest BCUT2D eigenvalue weighted by atomic mass is 9.60. The Balaban J connectivity index is 1.29. The SMILES string of the molecule is Cc1c(F)cc(N2C[C@@H](C)C[C@@H](CC(=O)CC3C4CC3CN(C)C4)C2)c2cccnc12. The summed E-state index contributed by atoms with van der Waals surface area (Å²) < 4.78 is 14.7. The first-order valence-corrected chi connectivity index (χ1v) is 11.9. The van der Waals surface area contributed by atoms with Crippen LogP contribution in [-0.4, -0.2) is 48.9 Å². The summed E-state index contributed by atoms with van der Waals surface area (Å²) in [4.78, 5) is 22.1. The molecule has 1 aromatic heterocycles. The molecule has 0 radical (unpaired) electrons. The number of aromatic nitrogens is 1. The zero-order chi connectivity index (χ0) is 21.7. The van der Waals surface area contributed by atoms with Gasteiger partial charge in [0.15, 0.2) is 0 Å². The fourth-order valence-corrected chi connectivity index (χ4v) is 6.64. The lowest BCUT2D eigenvalue weighted by molar-refractivity contribution is -0.126. The Morgan fingerprint density at radius 1 is 1.16 bits per heavy atom. The van der Waals surface area contributed by atoms with Gasteiger partial charge in [-0.15, -0.1) is 0 Å². The highest BCUT2D eigenvalue weighted by atomic mass is 19.1. The van der Waals surface area contributed by atoms with Crippen LogP contribution in [-0.2, 0) is 4.79 Å². The van der Waals surface area contributed by atoms with Crippen molar-refractivity contribution in [3.05, 3.63) is 35.8 Å². The van der Waals surface area contributed by atoms with Crippen LogP contribution in [0.2, 0.25) is 0 Å². The van der Waals surface area contributed by atoms with E-state index >= 15 is 0 Å². The average molecular weight is 424 g/mol. The number of rotatable bonds is 5. The van der Waals surface area contributed by atoms with Crippen molar-refractivity contribution < 1.29 is 9.18 Å². The maximum Gasteiger partial charge on any atom is 0.133 e. The maximum absolute atomic E-state index is 14.7. The van der Waals surface area contributed by atoms with Gasteiger partial charge in [-0.25, -0.2) is 4.39 Å². The lowest BCUT2D eigenvalue weighted by Gasteiger charge is -2.53. The van der Waals surface area contributed by atoms with Gasteiger partial charge < -0.3 is 9.80 Å². The van der Waals surface area contributed by atoms with Crippen molar-refractivity contribution in [3.63, 3.8) is 0 Å². The van der Waals surface area contributed by atoms with Gasteiger partial charge in [-0.1, -0.05) is 6.92 Å². The summed E-state index contributed by atoms with van der Waals surface area (Å²) in [6.07, 6.45) is 5.55. The standard InChI is InChI=1S/C26H34FN3O/c1-16-7-18(8-21(31)10-23-19-9-20(23)15-29(3)14-19)13-30(12-16)25-11-24(27)17(2)26-22(25)5-4-6-28-26/h4-6,11,16,18-20,23H,7-10,12-15H2,1-3H3/t16-,18-,19?,20?,23?/m0/s1. The highest BCUT2D eigenvalue weighted by molar-refractivity contribution is 5.94. The maximum atomic E-state index is 14.7. The smallest absolute Gasteiger partial charge is 0.133 e. The molecule has 2 bridgehead atoms. The molecule has 2 aliphatic heterocycles. The minimum atomic E-state index is -0.200. The van der Waals surface area contributed by atoms with E-state index < -0.39 is 0 Å². The summed E-state index contributed by atoms with van der Waals surface area (Å²) in [5, 5.41) is 1.01. The van der Waals surface area contributed by atoms with Gasteiger partial charge in [0.1, 0.15) is 11.6 Å². The molecule has 1 aromatic carbocycles. The molecule has 4 nitrogen and oxygen atoms in total. The molecule has 31 heavy (non-hydrogen) atoms. The van der Waals surface area contributed by atoms with Crippen LogP contribution in [0.15, 0.2) is 24.4 Å². The van der Waals surface area contributed by atoms with Gasteiger partial charge >= 0.3 is 0 Å². The number of ketones is 1. The van der Waals surface area contributed by atoms with Crippen molar-refractivity contribution in [1.29, 1.82) is 0 Å². The molecule has 3 aliphatic rings. The number of likely N-dealkylation sites (tertiary alicyclic amines) is 1. The van der Waals surface area contributed by atoms with E-state index in [0.29, 0.717) is 35.5 Å². The first-order chi connectivity index (χ1) is 14.9. The number of hydrogen-bond donors (Lipinski definition) is 0. The van der Waals surface area contributed by atoms with Gasteiger partial charge in [0.25, 0.3) is 0 Å². The Morgan fingerprint density at radius 3 is 2.71 bits per heavy atom. The monoisotopic (exact) mass is 423 g/mol. The number of Topliss-reactive ketones (excluding diaryl/α,β-unsaturated/α-hetero) is 1. The fourth-order valence-electron chi connectivity index (χ4n) is 6.64. The van der Waals surface area contributed by atoms with Gasteiger partial charge in [0.05, 0.1) is 5.52 Å². The molecule has 3 heterocycles. The number of anilines is 1.